The Bertz CT molecular complexity index is 959. The highest BCUT2D eigenvalue weighted by Gasteiger charge is 2.16. The molecule has 3 rings (SSSR count). The molecule has 0 radical (unpaired) electrons. The van der Waals surface area contributed by atoms with Crippen LogP contribution in [0.3, 0.4) is 0 Å². The van der Waals surface area contributed by atoms with Gasteiger partial charge in [-0.1, -0.05) is 68.8 Å². The number of aryl methyl sites for hydroxylation is 2. The third-order valence-electron chi connectivity index (χ3n) is 4.73. The van der Waals surface area contributed by atoms with Crippen molar-refractivity contribution in [2.24, 2.45) is 0 Å². The van der Waals surface area contributed by atoms with Crippen molar-refractivity contribution in [1.82, 2.24) is 0 Å². The zero-order chi connectivity index (χ0) is 19.6. The summed E-state index contributed by atoms with van der Waals surface area (Å²) in [5.74, 6) is -3.47. The Kier molecular flexibility index (Phi) is 5.64. The van der Waals surface area contributed by atoms with Gasteiger partial charge >= 0.3 is 0 Å². The lowest BCUT2D eigenvalue weighted by Gasteiger charge is -2.10. The predicted octanol–water partition coefficient (Wildman–Crippen LogP) is 7.09. The fourth-order valence-electron chi connectivity index (χ4n) is 3.19. The summed E-state index contributed by atoms with van der Waals surface area (Å²) in [7, 11) is 0. The number of hydrogen-bond acceptors (Lipinski definition) is 0. The fraction of sp³-hybridized carbons (Fsp3) is 0.217. The average Bonchev–Trinajstić information content (AvgIpc) is 2.68. The van der Waals surface area contributed by atoms with Crippen LogP contribution >= 0.6 is 0 Å². The molecular formula is C23H20F4. The first-order valence-corrected chi connectivity index (χ1v) is 9.02. The van der Waals surface area contributed by atoms with Crippen LogP contribution in [0, 0.1) is 23.3 Å². The second kappa shape index (κ2) is 7.95. The second-order valence-corrected chi connectivity index (χ2v) is 6.48. The third-order valence-corrected chi connectivity index (χ3v) is 4.73. The van der Waals surface area contributed by atoms with Gasteiger partial charge in [-0.05, 0) is 35.1 Å². The van der Waals surface area contributed by atoms with Gasteiger partial charge in [-0.3, -0.25) is 0 Å². The van der Waals surface area contributed by atoms with Crippen LogP contribution in [0.1, 0.15) is 31.4 Å². The molecule has 0 bridgehead atoms. The van der Waals surface area contributed by atoms with Gasteiger partial charge in [0.25, 0.3) is 0 Å². The number of hydrogen-bond donors (Lipinski definition) is 0. The minimum atomic E-state index is -0.900. The van der Waals surface area contributed by atoms with E-state index in [9.17, 15) is 17.6 Å². The maximum absolute atomic E-state index is 14.4. The normalized spacial score (nSPS) is 11.0. The van der Waals surface area contributed by atoms with E-state index in [-0.39, 0.29) is 11.1 Å². The quantitative estimate of drug-likeness (QED) is 0.419. The highest BCUT2D eigenvalue weighted by molar-refractivity contribution is 5.71. The van der Waals surface area contributed by atoms with Gasteiger partial charge in [0.1, 0.15) is 0 Å². The molecule has 0 heterocycles. The van der Waals surface area contributed by atoms with Gasteiger partial charge in [0, 0.05) is 11.1 Å². The van der Waals surface area contributed by atoms with Crippen molar-refractivity contribution in [3.05, 3.63) is 82.9 Å². The monoisotopic (exact) mass is 372 g/mol. The first-order valence-electron chi connectivity index (χ1n) is 9.02. The molecule has 4 heteroatoms. The molecule has 0 aliphatic carbocycles. The maximum atomic E-state index is 14.4. The van der Waals surface area contributed by atoms with Crippen molar-refractivity contribution in [2.75, 3.05) is 0 Å². The Morgan fingerprint density at radius 3 is 1.44 bits per heavy atom. The van der Waals surface area contributed by atoms with Crippen LogP contribution in [0.25, 0.3) is 22.3 Å². The lowest BCUT2D eigenvalue weighted by Crippen LogP contribution is -1.97. The lowest BCUT2D eigenvalue weighted by molar-refractivity contribution is 0.500. The molecule has 0 saturated heterocycles. The van der Waals surface area contributed by atoms with E-state index in [0.717, 1.165) is 6.42 Å². The van der Waals surface area contributed by atoms with E-state index < -0.39 is 23.3 Å². The minimum Gasteiger partial charge on any atom is -0.203 e. The van der Waals surface area contributed by atoms with Gasteiger partial charge in [-0.25, -0.2) is 17.6 Å². The van der Waals surface area contributed by atoms with Crippen molar-refractivity contribution >= 4 is 0 Å². The van der Waals surface area contributed by atoms with Crippen molar-refractivity contribution in [1.29, 1.82) is 0 Å². The molecule has 0 spiro atoms. The summed E-state index contributed by atoms with van der Waals surface area (Å²) in [4.78, 5) is 0. The summed E-state index contributed by atoms with van der Waals surface area (Å²) in [5.41, 5.74) is 1.90. The Morgan fingerprint density at radius 1 is 0.556 bits per heavy atom. The highest BCUT2D eigenvalue weighted by atomic mass is 19.2. The van der Waals surface area contributed by atoms with Gasteiger partial charge in [0.15, 0.2) is 23.3 Å². The Balaban J connectivity index is 1.97. The van der Waals surface area contributed by atoms with Gasteiger partial charge in [-0.15, -0.1) is 0 Å². The summed E-state index contributed by atoms with van der Waals surface area (Å²) in [5, 5.41) is 0. The van der Waals surface area contributed by atoms with Crippen LogP contribution in [-0.2, 0) is 12.8 Å². The molecule has 0 aromatic heterocycles. The van der Waals surface area contributed by atoms with Crippen molar-refractivity contribution in [2.45, 2.75) is 33.1 Å². The predicted molar refractivity (Wildman–Crippen MR) is 101 cm³/mol. The van der Waals surface area contributed by atoms with Crippen LogP contribution in [0.15, 0.2) is 48.5 Å². The van der Waals surface area contributed by atoms with E-state index in [1.165, 1.54) is 6.07 Å². The zero-order valence-corrected chi connectivity index (χ0v) is 15.3. The van der Waals surface area contributed by atoms with Gasteiger partial charge in [-0.2, -0.15) is 0 Å². The molecule has 3 aromatic carbocycles. The third kappa shape index (κ3) is 3.61. The summed E-state index contributed by atoms with van der Waals surface area (Å²) >= 11 is 0. The largest absolute Gasteiger partial charge is 0.203 e. The average molecular weight is 372 g/mol. The van der Waals surface area contributed by atoms with Crippen LogP contribution in [0.2, 0.25) is 0 Å². The molecule has 140 valence electrons. The lowest BCUT2D eigenvalue weighted by atomic mass is 9.97. The molecule has 0 N–H and O–H groups in total. The van der Waals surface area contributed by atoms with Crippen LogP contribution < -0.4 is 0 Å². The molecule has 0 aliphatic rings. The maximum Gasteiger partial charge on any atom is 0.166 e. The molecule has 0 aliphatic heterocycles. The smallest absolute Gasteiger partial charge is 0.166 e. The molecule has 0 amide bonds. The topological polar surface area (TPSA) is 0 Å². The van der Waals surface area contributed by atoms with Crippen LogP contribution in [0.5, 0.6) is 0 Å². The number of benzene rings is 3. The second-order valence-electron chi connectivity index (χ2n) is 6.48. The summed E-state index contributed by atoms with van der Waals surface area (Å²) in [6, 6.07) is 12.6. The van der Waals surface area contributed by atoms with Gasteiger partial charge in [0.05, 0.1) is 0 Å². The Hall–Kier alpha value is -2.62. The highest BCUT2D eigenvalue weighted by Crippen LogP contribution is 2.31. The molecular weight excluding hydrogens is 352 g/mol. The van der Waals surface area contributed by atoms with E-state index in [2.05, 4.69) is 0 Å². The van der Waals surface area contributed by atoms with Gasteiger partial charge < -0.3 is 0 Å². The number of rotatable bonds is 5. The summed E-state index contributed by atoms with van der Waals surface area (Å²) < 4.78 is 56.9. The van der Waals surface area contributed by atoms with E-state index in [0.29, 0.717) is 35.1 Å². The molecule has 27 heavy (non-hydrogen) atoms. The van der Waals surface area contributed by atoms with E-state index in [1.54, 1.807) is 49.4 Å². The minimum absolute atomic E-state index is 0.140. The van der Waals surface area contributed by atoms with E-state index in [4.69, 9.17) is 0 Å². The van der Waals surface area contributed by atoms with Crippen LogP contribution in [0.4, 0.5) is 17.6 Å². The molecule has 0 nitrogen and oxygen atoms in total. The first kappa shape index (κ1) is 19.2. The van der Waals surface area contributed by atoms with Crippen molar-refractivity contribution in [3.63, 3.8) is 0 Å². The Labute approximate surface area is 156 Å². The number of halogens is 4. The fourth-order valence-corrected chi connectivity index (χ4v) is 3.19. The van der Waals surface area contributed by atoms with Crippen molar-refractivity contribution < 1.29 is 17.6 Å². The first-order chi connectivity index (χ1) is 13.0. The summed E-state index contributed by atoms with van der Waals surface area (Å²) in [6.45, 7) is 3.66. The molecule has 0 atom stereocenters. The van der Waals surface area contributed by atoms with Crippen LogP contribution in [-0.4, -0.2) is 0 Å². The van der Waals surface area contributed by atoms with E-state index in [1.807, 2.05) is 6.92 Å². The zero-order valence-electron chi connectivity index (χ0n) is 15.3. The Morgan fingerprint density at radius 2 is 1.00 bits per heavy atom. The summed E-state index contributed by atoms with van der Waals surface area (Å²) in [6.07, 6.45) is 1.60. The molecule has 0 unspecified atom stereocenters. The molecule has 3 aromatic rings. The standard InChI is InChI=1S/C23H20F4/c1-3-5-17-11-13-19(23(27)21(17)25)16-8-6-15(7-9-16)18-12-10-14(4-2)20(24)22(18)26/h6-13H,3-5H2,1-2H3. The van der Waals surface area contributed by atoms with Gasteiger partial charge in [0.2, 0.25) is 0 Å². The molecule has 0 saturated carbocycles. The van der Waals surface area contributed by atoms with Crippen molar-refractivity contribution in [3.8, 4) is 22.3 Å². The molecule has 0 fully saturated rings. The van der Waals surface area contributed by atoms with E-state index >= 15 is 0 Å². The SMILES string of the molecule is CCCc1ccc(-c2ccc(-c3ccc(CC)c(F)c3F)cc2)c(F)c1F.